The molecule has 1 aromatic carbocycles. The predicted molar refractivity (Wildman–Crippen MR) is 59.3 cm³/mol. The van der Waals surface area contributed by atoms with E-state index >= 15 is 0 Å². The molecule has 2 nitrogen and oxygen atoms in total. The molecule has 0 atom stereocenters. The first-order valence-electron chi connectivity index (χ1n) is 3.87. The molecule has 1 heterocycles. The van der Waals surface area contributed by atoms with Crippen molar-refractivity contribution in [2.75, 3.05) is 0 Å². The number of fused-ring (bicyclic) bond motifs is 1. The van der Waals surface area contributed by atoms with E-state index in [-0.39, 0.29) is 0 Å². The topological polar surface area (TPSA) is 25.8 Å². The summed E-state index contributed by atoms with van der Waals surface area (Å²) in [5.74, 6) is 0.576. The Morgan fingerprint density at radius 1 is 1.00 bits per heavy atom. The van der Waals surface area contributed by atoms with Crippen molar-refractivity contribution in [3.63, 3.8) is 0 Å². The van der Waals surface area contributed by atoms with Crippen LogP contribution in [0.2, 0.25) is 15.2 Å². The van der Waals surface area contributed by atoms with Crippen molar-refractivity contribution in [1.82, 2.24) is 9.97 Å². The lowest BCUT2D eigenvalue weighted by Gasteiger charge is -2.04. The van der Waals surface area contributed by atoms with Gasteiger partial charge in [-0.3, -0.25) is 0 Å². The number of hydrogen-bond donors (Lipinski definition) is 0. The SMILES string of the molecule is Cc1nc(Cl)c2c(Cl)ccc(Cl)c2n1. The van der Waals surface area contributed by atoms with E-state index in [0.29, 0.717) is 31.9 Å². The lowest BCUT2D eigenvalue weighted by atomic mass is 10.2. The fourth-order valence-corrected chi connectivity index (χ4v) is 2.04. The number of nitrogens with zero attached hydrogens (tertiary/aromatic N) is 2. The molecule has 2 rings (SSSR count). The molecule has 1 aromatic heterocycles. The summed E-state index contributed by atoms with van der Waals surface area (Å²) in [6, 6.07) is 3.37. The van der Waals surface area contributed by atoms with Gasteiger partial charge in [0, 0.05) is 0 Å². The molecule has 0 bridgehead atoms. The molecule has 0 radical (unpaired) electrons. The molecule has 0 aliphatic heterocycles. The third-order valence-corrected chi connectivity index (χ3v) is 2.71. The largest absolute Gasteiger partial charge is 0.231 e. The summed E-state index contributed by atoms with van der Waals surface area (Å²) in [7, 11) is 0. The van der Waals surface area contributed by atoms with Gasteiger partial charge in [-0.25, -0.2) is 9.97 Å². The second-order valence-electron chi connectivity index (χ2n) is 2.81. The predicted octanol–water partition coefficient (Wildman–Crippen LogP) is 3.90. The number of halogens is 3. The minimum atomic E-state index is 0.333. The van der Waals surface area contributed by atoms with Crippen molar-refractivity contribution in [3.8, 4) is 0 Å². The first-order valence-corrected chi connectivity index (χ1v) is 5.01. The Kier molecular flexibility index (Phi) is 2.52. The van der Waals surface area contributed by atoms with Crippen molar-refractivity contribution >= 4 is 45.7 Å². The molecule has 0 spiro atoms. The summed E-state index contributed by atoms with van der Waals surface area (Å²) in [5, 5.41) is 1.97. The molecular formula is C9H5Cl3N2. The second-order valence-corrected chi connectivity index (χ2v) is 3.99. The monoisotopic (exact) mass is 246 g/mol. The van der Waals surface area contributed by atoms with Gasteiger partial charge in [0.2, 0.25) is 0 Å². The molecule has 72 valence electrons. The van der Waals surface area contributed by atoms with Crippen molar-refractivity contribution in [3.05, 3.63) is 33.2 Å². The number of aryl methyl sites for hydroxylation is 1. The van der Waals surface area contributed by atoms with E-state index in [4.69, 9.17) is 34.8 Å². The Morgan fingerprint density at radius 3 is 2.36 bits per heavy atom. The third kappa shape index (κ3) is 1.54. The zero-order chi connectivity index (χ0) is 10.3. The summed E-state index contributed by atoms with van der Waals surface area (Å²) in [5.41, 5.74) is 0.594. The van der Waals surface area contributed by atoms with E-state index in [9.17, 15) is 0 Å². The zero-order valence-corrected chi connectivity index (χ0v) is 9.45. The minimum absolute atomic E-state index is 0.333. The van der Waals surface area contributed by atoms with Crippen LogP contribution in [0.4, 0.5) is 0 Å². The van der Waals surface area contributed by atoms with Crippen molar-refractivity contribution in [2.24, 2.45) is 0 Å². The number of aromatic nitrogens is 2. The Hall–Kier alpha value is -0.570. The van der Waals surface area contributed by atoms with Gasteiger partial charge in [-0.15, -0.1) is 0 Å². The Labute approximate surface area is 95.8 Å². The molecule has 0 unspecified atom stereocenters. The molecule has 2 aromatic rings. The van der Waals surface area contributed by atoms with Crippen LogP contribution in [-0.4, -0.2) is 9.97 Å². The molecule has 0 aliphatic carbocycles. The third-order valence-electron chi connectivity index (χ3n) is 1.82. The van der Waals surface area contributed by atoms with Crippen LogP contribution in [0.5, 0.6) is 0 Å². The van der Waals surface area contributed by atoms with Gasteiger partial charge < -0.3 is 0 Å². The average molecular weight is 248 g/mol. The Bertz CT molecular complexity index is 511. The first-order chi connectivity index (χ1) is 6.59. The normalized spacial score (nSPS) is 10.9. The van der Waals surface area contributed by atoms with Crippen LogP contribution in [0.15, 0.2) is 12.1 Å². The van der Waals surface area contributed by atoms with E-state index < -0.39 is 0 Å². The van der Waals surface area contributed by atoms with E-state index in [2.05, 4.69) is 9.97 Å². The van der Waals surface area contributed by atoms with Crippen LogP contribution in [-0.2, 0) is 0 Å². The summed E-state index contributed by atoms with van der Waals surface area (Å²) in [6.45, 7) is 1.75. The minimum Gasteiger partial charge on any atom is -0.231 e. The second kappa shape index (κ2) is 3.54. The van der Waals surface area contributed by atoms with E-state index in [0.717, 1.165) is 0 Å². The van der Waals surface area contributed by atoms with Gasteiger partial charge in [-0.05, 0) is 19.1 Å². The Balaban J connectivity index is 3.00. The average Bonchev–Trinajstić information content (AvgIpc) is 2.10. The zero-order valence-electron chi connectivity index (χ0n) is 7.18. The highest BCUT2D eigenvalue weighted by molar-refractivity contribution is 6.44. The van der Waals surface area contributed by atoms with Gasteiger partial charge in [-0.2, -0.15) is 0 Å². The number of benzene rings is 1. The Morgan fingerprint density at radius 2 is 1.64 bits per heavy atom. The molecule has 0 aliphatic rings. The van der Waals surface area contributed by atoms with Crippen LogP contribution in [0, 0.1) is 6.92 Å². The quantitative estimate of drug-likeness (QED) is 0.660. The smallest absolute Gasteiger partial charge is 0.142 e. The van der Waals surface area contributed by atoms with Crippen LogP contribution in [0.1, 0.15) is 5.82 Å². The fraction of sp³-hybridized carbons (Fsp3) is 0.111. The highest BCUT2D eigenvalue weighted by Gasteiger charge is 2.10. The van der Waals surface area contributed by atoms with Crippen molar-refractivity contribution in [1.29, 1.82) is 0 Å². The maximum absolute atomic E-state index is 5.97. The van der Waals surface area contributed by atoms with Crippen molar-refractivity contribution < 1.29 is 0 Å². The van der Waals surface area contributed by atoms with E-state index in [1.807, 2.05) is 0 Å². The molecule has 0 amide bonds. The molecule has 0 saturated heterocycles. The highest BCUT2D eigenvalue weighted by atomic mass is 35.5. The summed E-state index contributed by atoms with van der Waals surface area (Å²) in [4.78, 5) is 8.20. The van der Waals surface area contributed by atoms with Crippen molar-refractivity contribution in [2.45, 2.75) is 6.92 Å². The summed E-state index contributed by atoms with van der Waals surface area (Å²) < 4.78 is 0. The number of rotatable bonds is 0. The molecule has 0 N–H and O–H groups in total. The molecule has 5 heteroatoms. The summed E-state index contributed by atoms with van der Waals surface area (Å²) >= 11 is 17.9. The van der Waals surface area contributed by atoms with Crippen LogP contribution >= 0.6 is 34.8 Å². The maximum Gasteiger partial charge on any atom is 0.142 e. The lowest BCUT2D eigenvalue weighted by molar-refractivity contribution is 1.09. The molecule has 0 saturated carbocycles. The number of hydrogen-bond acceptors (Lipinski definition) is 2. The summed E-state index contributed by atoms with van der Waals surface area (Å²) in [6.07, 6.45) is 0. The fourth-order valence-electron chi connectivity index (χ4n) is 1.23. The lowest BCUT2D eigenvalue weighted by Crippen LogP contribution is -1.91. The standard InChI is InChI=1S/C9H5Cl3N2/c1-4-13-8-6(11)3-2-5(10)7(8)9(12)14-4/h2-3H,1H3. The van der Waals surface area contributed by atoms with Gasteiger partial charge in [-0.1, -0.05) is 34.8 Å². The van der Waals surface area contributed by atoms with Gasteiger partial charge in [0.25, 0.3) is 0 Å². The van der Waals surface area contributed by atoms with Gasteiger partial charge in [0.15, 0.2) is 0 Å². The van der Waals surface area contributed by atoms with Crippen LogP contribution in [0.3, 0.4) is 0 Å². The van der Waals surface area contributed by atoms with Crippen LogP contribution in [0.25, 0.3) is 10.9 Å². The molecule has 14 heavy (non-hydrogen) atoms. The highest BCUT2D eigenvalue weighted by Crippen LogP contribution is 2.32. The van der Waals surface area contributed by atoms with Crippen LogP contribution < -0.4 is 0 Å². The molecule has 0 fully saturated rings. The van der Waals surface area contributed by atoms with Gasteiger partial charge in [0.1, 0.15) is 11.0 Å². The van der Waals surface area contributed by atoms with Gasteiger partial charge in [0.05, 0.1) is 20.9 Å². The first kappa shape index (κ1) is 9.97. The van der Waals surface area contributed by atoms with E-state index in [1.54, 1.807) is 19.1 Å². The van der Waals surface area contributed by atoms with E-state index in [1.165, 1.54) is 0 Å². The van der Waals surface area contributed by atoms with Gasteiger partial charge >= 0.3 is 0 Å². The molecular weight excluding hydrogens is 242 g/mol. The maximum atomic E-state index is 5.97.